The lowest BCUT2D eigenvalue weighted by Gasteiger charge is -2.19. The van der Waals surface area contributed by atoms with Crippen LogP contribution in [0.5, 0.6) is 0 Å². The molecule has 2 aromatic rings. The van der Waals surface area contributed by atoms with Gasteiger partial charge in [-0.2, -0.15) is 5.26 Å². The molecule has 11 heteroatoms. The Morgan fingerprint density at radius 3 is 2.09 bits per heavy atom. The summed E-state index contributed by atoms with van der Waals surface area (Å²) in [4.78, 5) is 43.0. The molecule has 2 rings (SSSR count). The van der Waals surface area contributed by atoms with E-state index in [0.29, 0.717) is 11.1 Å². The van der Waals surface area contributed by atoms with E-state index in [9.17, 15) is 24.5 Å². The van der Waals surface area contributed by atoms with Crippen LogP contribution in [-0.2, 0) is 11.3 Å². The van der Waals surface area contributed by atoms with Crippen molar-refractivity contribution in [2.75, 3.05) is 0 Å². The molecule has 1 amide bonds. The predicted octanol–water partition coefficient (Wildman–Crippen LogP) is 3.88. The first-order valence-corrected chi connectivity index (χ1v) is 9.46. The molecule has 0 saturated carbocycles. The van der Waals surface area contributed by atoms with Crippen LogP contribution in [0.2, 0.25) is 0 Å². The third kappa shape index (κ3) is 8.66. The number of ether oxygens (including phenoxy) is 1. The fourth-order valence-electron chi connectivity index (χ4n) is 2.42. The van der Waals surface area contributed by atoms with Gasteiger partial charge in [0.25, 0.3) is 5.69 Å². The predicted molar refractivity (Wildman–Crippen MR) is 116 cm³/mol. The second-order valence-electron chi connectivity index (χ2n) is 7.71. The van der Waals surface area contributed by atoms with E-state index in [1.165, 1.54) is 30.3 Å². The van der Waals surface area contributed by atoms with Gasteiger partial charge in [0, 0.05) is 11.6 Å². The summed E-state index contributed by atoms with van der Waals surface area (Å²) in [6.45, 7) is 6.65. The van der Waals surface area contributed by atoms with Gasteiger partial charge in [0.2, 0.25) is 0 Å². The Balaban J connectivity index is 0.000000383. The van der Waals surface area contributed by atoms with Gasteiger partial charge in [-0.3, -0.25) is 10.1 Å². The van der Waals surface area contributed by atoms with Crippen molar-refractivity contribution in [3.05, 3.63) is 74.3 Å². The Morgan fingerprint density at radius 2 is 1.64 bits per heavy atom. The van der Waals surface area contributed by atoms with Crippen LogP contribution in [0.3, 0.4) is 0 Å². The van der Waals surface area contributed by atoms with Crippen LogP contribution in [0.25, 0.3) is 0 Å². The quantitative estimate of drug-likeness (QED) is 0.443. The number of nitriles is 1. The molecular weight excluding hydrogens is 434 g/mol. The van der Waals surface area contributed by atoms with Gasteiger partial charge < -0.3 is 20.3 Å². The van der Waals surface area contributed by atoms with Crippen LogP contribution in [0.15, 0.2) is 36.4 Å². The minimum absolute atomic E-state index is 0.134. The Hall–Kier alpha value is -4.46. The van der Waals surface area contributed by atoms with Gasteiger partial charge in [0.05, 0.1) is 34.2 Å². The molecule has 0 radical (unpaired) electrons. The molecule has 0 aliphatic carbocycles. The van der Waals surface area contributed by atoms with Gasteiger partial charge in [-0.1, -0.05) is 0 Å². The lowest BCUT2D eigenvalue weighted by Crippen LogP contribution is -2.32. The highest BCUT2D eigenvalue weighted by atomic mass is 16.6. The fraction of sp³-hybridized carbons (Fsp3) is 0.273. The first kappa shape index (κ1) is 26.6. The maximum absolute atomic E-state index is 11.5. The average molecular weight is 457 g/mol. The number of nitrogens with zero attached hydrogens (tertiary/aromatic N) is 2. The van der Waals surface area contributed by atoms with Crippen LogP contribution < -0.4 is 5.32 Å². The maximum atomic E-state index is 11.5. The molecule has 3 N–H and O–H groups in total. The van der Waals surface area contributed by atoms with Crippen LogP contribution in [0.1, 0.15) is 58.2 Å². The van der Waals surface area contributed by atoms with Gasteiger partial charge in [0.15, 0.2) is 0 Å². The van der Waals surface area contributed by atoms with Crippen molar-refractivity contribution in [3.8, 4) is 6.07 Å². The highest BCUT2D eigenvalue weighted by molar-refractivity contribution is 5.89. The Kier molecular flexibility index (Phi) is 9.05. The molecule has 0 aromatic heterocycles. The summed E-state index contributed by atoms with van der Waals surface area (Å²) in [6.07, 6.45) is -0.709. The van der Waals surface area contributed by atoms with Crippen LogP contribution >= 0.6 is 0 Å². The molecule has 0 atom stereocenters. The molecular formula is C22H23N3O8. The van der Waals surface area contributed by atoms with Gasteiger partial charge in [-0.25, -0.2) is 14.4 Å². The van der Waals surface area contributed by atoms with Crippen molar-refractivity contribution < 1.29 is 34.3 Å². The van der Waals surface area contributed by atoms with Gasteiger partial charge >= 0.3 is 18.0 Å². The number of carboxylic acid groups (broad SMARTS) is 2. The van der Waals surface area contributed by atoms with E-state index in [2.05, 4.69) is 5.32 Å². The standard InChI is InChI=1S/C13H16N2O6.C9H7NO2/c1-13(2,3)21-12(18)14-7-9-5-4-8(11(16)17)6-10(9)15(19)20;1-6-4-7(9(11)12)2-3-8(6)5-10/h4-6H,7H2,1-3H3,(H,14,18)(H,16,17);2-4H,1H3,(H,11,12). The number of nitrogens with one attached hydrogen (secondary N) is 1. The van der Waals surface area contributed by atoms with E-state index in [4.69, 9.17) is 20.2 Å². The summed E-state index contributed by atoms with van der Waals surface area (Å²) in [7, 11) is 0. The first-order chi connectivity index (χ1) is 15.2. The number of nitro benzene ring substituents is 1. The number of aromatic carboxylic acids is 2. The lowest BCUT2D eigenvalue weighted by atomic mass is 10.1. The molecule has 174 valence electrons. The zero-order chi connectivity index (χ0) is 25.3. The van der Waals surface area contributed by atoms with Crippen molar-refractivity contribution >= 4 is 23.7 Å². The van der Waals surface area contributed by atoms with E-state index in [1.54, 1.807) is 27.7 Å². The first-order valence-electron chi connectivity index (χ1n) is 9.46. The number of hydrogen-bond donors (Lipinski definition) is 3. The third-order valence-electron chi connectivity index (χ3n) is 3.94. The summed E-state index contributed by atoms with van der Waals surface area (Å²) in [6, 6.07) is 9.87. The number of carboxylic acids is 2. The van der Waals surface area contributed by atoms with Crippen molar-refractivity contribution in [2.45, 2.75) is 39.8 Å². The Morgan fingerprint density at radius 1 is 1.09 bits per heavy atom. The molecule has 0 saturated heterocycles. The van der Waals surface area contributed by atoms with E-state index >= 15 is 0 Å². The number of aryl methyl sites for hydroxylation is 1. The number of hydrogen-bond acceptors (Lipinski definition) is 7. The van der Waals surface area contributed by atoms with Crippen LogP contribution in [0.4, 0.5) is 10.5 Å². The van der Waals surface area contributed by atoms with Crippen molar-refractivity contribution in [1.29, 1.82) is 5.26 Å². The molecule has 11 nitrogen and oxygen atoms in total. The van der Waals surface area contributed by atoms with Gasteiger partial charge in [-0.15, -0.1) is 0 Å². The molecule has 0 fully saturated rings. The lowest BCUT2D eigenvalue weighted by molar-refractivity contribution is -0.385. The summed E-state index contributed by atoms with van der Waals surface area (Å²) in [5.41, 5.74) is 0.372. The van der Waals surface area contributed by atoms with E-state index in [0.717, 1.165) is 6.07 Å². The minimum atomic E-state index is -1.26. The number of rotatable bonds is 5. The average Bonchev–Trinajstić information content (AvgIpc) is 2.71. The Bertz CT molecular complexity index is 1110. The number of nitro groups is 1. The monoisotopic (exact) mass is 457 g/mol. The SMILES string of the molecule is CC(C)(C)OC(=O)NCc1ccc(C(=O)O)cc1[N+](=O)[O-].Cc1cc(C(=O)O)ccc1C#N. The fourth-order valence-corrected chi connectivity index (χ4v) is 2.42. The van der Waals surface area contributed by atoms with E-state index in [1.807, 2.05) is 6.07 Å². The third-order valence-corrected chi connectivity index (χ3v) is 3.94. The normalized spacial score (nSPS) is 10.2. The number of alkyl carbamates (subject to hydrolysis) is 1. The second kappa shape index (κ2) is 11.2. The summed E-state index contributed by atoms with van der Waals surface area (Å²) in [5, 5.41) is 39.3. The van der Waals surface area contributed by atoms with Crippen molar-refractivity contribution in [1.82, 2.24) is 5.32 Å². The van der Waals surface area contributed by atoms with Gasteiger partial charge in [0.1, 0.15) is 5.60 Å². The molecule has 0 spiro atoms. The summed E-state index contributed by atoms with van der Waals surface area (Å²) in [5.74, 6) is -2.23. The zero-order valence-corrected chi connectivity index (χ0v) is 18.4. The number of carbonyl (C=O) groups excluding carboxylic acids is 1. The largest absolute Gasteiger partial charge is 0.478 e. The maximum Gasteiger partial charge on any atom is 0.407 e. The van der Waals surface area contributed by atoms with Crippen LogP contribution in [-0.4, -0.2) is 38.8 Å². The topological polar surface area (TPSA) is 180 Å². The van der Waals surface area contributed by atoms with Gasteiger partial charge in [-0.05, 0) is 63.6 Å². The molecule has 0 unspecified atom stereocenters. The molecule has 33 heavy (non-hydrogen) atoms. The zero-order valence-electron chi connectivity index (χ0n) is 18.4. The van der Waals surface area contributed by atoms with Crippen molar-refractivity contribution in [2.24, 2.45) is 0 Å². The number of amides is 1. The molecule has 0 aliphatic rings. The minimum Gasteiger partial charge on any atom is -0.478 e. The Labute approximate surface area is 189 Å². The molecule has 0 bridgehead atoms. The molecule has 2 aromatic carbocycles. The number of carbonyl (C=O) groups is 3. The molecule has 0 aliphatic heterocycles. The second-order valence-corrected chi connectivity index (χ2v) is 7.71. The summed E-state index contributed by atoms with van der Waals surface area (Å²) < 4.78 is 5.01. The van der Waals surface area contributed by atoms with Crippen LogP contribution in [0, 0.1) is 28.4 Å². The summed E-state index contributed by atoms with van der Waals surface area (Å²) >= 11 is 0. The highest BCUT2D eigenvalue weighted by Gasteiger charge is 2.20. The van der Waals surface area contributed by atoms with E-state index in [-0.39, 0.29) is 28.9 Å². The van der Waals surface area contributed by atoms with Crippen molar-refractivity contribution in [3.63, 3.8) is 0 Å². The smallest absolute Gasteiger partial charge is 0.407 e. The van der Waals surface area contributed by atoms with E-state index < -0.39 is 28.6 Å². The highest BCUT2D eigenvalue weighted by Crippen LogP contribution is 2.20. The molecule has 0 heterocycles. The number of benzene rings is 2.